The summed E-state index contributed by atoms with van der Waals surface area (Å²) in [5.74, 6) is -1.86. The number of rotatable bonds is 2. The zero-order valence-corrected chi connectivity index (χ0v) is 11.7. The third-order valence-electron chi connectivity index (χ3n) is 3.58. The Kier molecular flexibility index (Phi) is 3.39. The summed E-state index contributed by atoms with van der Waals surface area (Å²) < 4.78 is 0. The molecule has 0 aromatic heterocycles. The van der Waals surface area contributed by atoms with Crippen LogP contribution >= 0.6 is 11.6 Å². The summed E-state index contributed by atoms with van der Waals surface area (Å²) in [6.45, 7) is 0.139. The second-order valence-corrected chi connectivity index (χ2v) is 5.31. The van der Waals surface area contributed by atoms with Crippen molar-refractivity contribution in [2.45, 2.75) is 5.92 Å². The smallest absolute Gasteiger partial charge is 0.312 e. The van der Waals surface area contributed by atoms with E-state index in [0.29, 0.717) is 21.8 Å². The highest BCUT2D eigenvalue weighted by Gasteiger charge is 2.36. The number of carbonyl (C=O) groups is 2. The van der Waals surface area contributed by atoms with Crippen LogP contribution in [0.2, 0.25) is 5.02 Å². The van der Waals surface area contributed by atoms with Gasteiger partial charge >= 0.3 is 5.97 Å². The van der Waals surface area contributed by atoms with Crippen molar-refractivity contribution in [1.82, 2.24) is 0 Å². The van der Waals surface area contributed by atoms with Gasteiger partial charge in [0.05, 0.1) is 0 Å². The molecule has 3 rings (SSSR count). The van der Waals surface area contributed by atoms with Crippen LogP contribution in [0.3, 0.4) is 0 Å². The van der Waals surface area contributed by atoms with Gasteiger partial charge in [0.1, 0.15) is 5.92 Å². The maximum absolute atomic E-state index is 12.6. The highest BCUT2D eigenvalue weighted by Crippen LogP contribution is 2.37. The van der Waals surface area contributed by atoms with E-state index in [1.54, 1.807) is 48.5 Å². The van der Waals surface area contributed by atoms with Crippen LogP contribution in [0.25, 0.3) is 0 Å². The van der Waals surface area contributed by atoms with Crippen molar-refractivity contribution in [2.75, 3.05) is 11.4 Å². The summed E-state index contributed by atoms with van der Waals surface area (Å²) in [7, 11) is 0. The van der Waals surface area contributed by atoms with E-state index >= 15 is 0 Å². The zero-order valence-electron chi connectivity index (χ0n) is 11.0. The Morgan fingerprint density at radius 2 is 1.90 bits per heavy atom. The lowest BCUT2D eigenvalue weighted by molar-refractivity contribution is -0.138. The minimum absolute atomic E-state index is 0.139. The summed E-state index contributed by atoms with van der Waals surface area (Å²) >= 11 is 5.91. The molecule has 5 heteroatoms. The molecule has 0 spiro atoms. The van der Waals surface area contributed by atoms with Crippen LogP contribution in [0.1, 0.15) is 21.8 Å². The summed E-state index contributed by atoms with van der Waals surface area (Å²) in [4.78, 5) is 25.5. The van der Waals surface area contributed by atoms with Crippen molar-refractivity contribution in [3.63, 3.8) is 0 Å². The predicted molar refractivity (Wildman–Crippen MR) is 79.9 cm³/mol. The number of amides is 1. The molecule has 21 heavy (non-hydrogen) atoms. The molecule has 1 amide bonds. The number of halogens is 1. The number of fused-ring (bicyclic) bond motifs is 1. The Morgan fingerprint density at radius 3 is 2.62 bits per heavy atom. The summed E-state index contributed by atoms with van der Waals surface area (Å²) in [5, 5.41) is 9.79. The topological polar surface area (TPSA) is 57.6 Å². The van der Waals surface area contributed by atoms with Gasteiger partial charge in [-0.2, -0.15) is 0 Å². The summed E-state index contributed by atoms with van der Waals surface area (Å²) in [6.07, 6.45) is 0. The number of hydrogen-bond acceptors (Lipinski definition) is 2. The van der Waals surface area contributed by atoms with Gasteiger partial charge in [0, 0.05) is 22.8 Å². The molecule has 1 N–H and O–H groups in total. The molecule has 1 unspecified atom stereocenters. The van der Waals surface area contributed by atoms with Gasteiger partial charge in [0.15, 0.2) is 0 Å². The first-order valence-corrected chi connectivity index (χ1v) is 6.85. The number of aliphatic carboxylic acids is 1. The molecule has 2 aromatic rings. The summed E-state index contributed by atoms with van der Waals surface area (Å²) in [6, 6.07) is 13.7. The van der Waals surface area contributed by atoms with Crippen molar-refractivity contribution < 1.29 is 14.7 Å². The Labute approximate surface area is 126 Å². The minimum atomic E-state index is -0.927. The van der Waals surface area contributed by atoms with Crippen molar-refractivity contribution in [3.8, 4) is 0 Å². The van der Waals surface area contributed by atoms with Crippen LogP contribution in [0, 0.1) is 0 Å². The second-order valence-electron chi connectivity index (χ2n) is 4.88. The molecule has 106 valence electrons. The van der Waals surface area contributed by atoms with Crippen molar-refractivity contribution in [1.29, 1.82) is 0 Å². The molecule has 0 aliphatic carbocycles. The third-order valence-corrected chi connectivity index (χ3v) is 3.82. The lowest BCUT2D eigenvalue weighted by Crippen LogP contribution is -2.31. The molecule has 1 atom stereocenters. The van der Waals surface area contributed by atoms with Gasteiger partial charge in [-0.1, -0.05) is 35.9 Å². The van der Waals surface area contributed by atoms with E-state index in [-0.39, 0.29) is 12.5 Å². The number of carboxylic acids is 1. The molecule has 1 aliphatic rings. The monoisotopic (exact) mass is 301 g/mol. The van der Waals surface area contributed by atoms with Gasteiger partial charge in [0.2, 0.25) is 0 Å². The Morgan fingerprint density at radius 1 is 1.14 bits per heavy atom. The van der Waals surface area contributed by atoms with Crippen LogP contribution in [-0.4, -0.2) is 23.5 Å². The quantitative estimate of drug-likeness (QED) is 0.927. The van der Waals surface area contributed by atoms with Gasteiger partial charge in [-0.25, -0.2) is 0 Å². The molecule has 0 radical (unpaired) electrons. The van der Waals surface area contributed by atoms with Crippen LogP contribution < -0.4 is 4.90 Å². The van der Waals surface area contributed by atoms with E-state index in [0.717, 1.165) is 0 Å². The van der Waals surface area contributed by atoms with E-state index < -0.39 is 11.9 Å². The van der Waals surface area contributed by atoms with Crippen LogP contribution in [0.5, 0.6) is 0 Å². The molecule has 0 bridgehead atoms. The zero-order chi connectivity index (χ0) is 15.0. The number of carbonyl (C=O) groups excluding carboxylic acids is 1. The molecule has 0 saturated carbocycles. The van der Waals surface area contributed by atoms with E-state index in [1.807, 2.05) is 0 Å². The standard InChI is InChI=1S/C16H12ClNO3/c17-11-5-3-4-10(8-11)15(19)18-9-13(16(20)21)12-6-1-2-7-14(12)18/h1-8,13H,9H2,(H,20,21). The molecule has 4 nitrogen and oxygen atoms in total. The molecular weight excluding hydrogens is 290 g/mol. The fourth-order valence-corrected chi connectivity index (χ4v) is 2.78. The van der Waals surface area contributed by atoms with Crippen LogP contribution in [-0.2, 0) is 4.79 Å². The largest absolute Gasteiger partial charge is 0.481 e. The predicted octanol–water partition coefficient (Wildman–Crippen LogP) is 3.17. The lowest BCUT2D eigenvalue weighted by Gasteiger charge is -2.17. The van der Waals surface area contributed by atoms with Gasteiger partial charge in [-0.15, -0.1) is 0 Å². The van der Waals surface area contributed by atoms with Gasteiger partial charge < -0.3 is 10.0 Å². The minimum Gasteiger partial charge on any atom is -0.481 e. The molecule has 2 aromatic carbocycles. The number of nitrogens with zero attached hydrogens (tertiary/aromatic N) is 1. The van der Waals surface area contributed by atoms with Gasteiger partial charge in [-0.3, -0.25) is 9.59 Å². The third kappa shape index (κ3) is 2.38. The molecule has 1 aliphatic heterocycles. The first-order chi connectivity index (χ1) is 10.1. The average Bonchev–Trinajstić information content (AvgIpc) is 2.86. The molecule has 0 fully saturated rings. The number of benzene rings is 2. The maximum atomic E-state index is 12.6. The highest BCUT2D eigenvalue weighted by molar-refractivity contribution is 6.31. The van der Waals surface area contributed by atoms with E-state index in [1.165, 1.54) is 4.90 Å². The fraction of sp³-hybridized carbons (Fsp3) is 0.125. The van der Waals surface area contributed by atoms with Gasteiger partial charge in [0.25, 0.3) is 5.91 Å². The van der Waals surface area contributed by atoms with Crippen molar-refractivity contribution in [3.05, 3.63) is 64.7 Å². The van der Waals surface area contributed by atoms with Crippen LogP contribution in [0.15, 0.2) is 48.5 Å². The van der Waals surface area contributed by atoms with Gasteiger partial charge in [-0.05, 0) is 29.8 Å². The number of hydrogen-bond donors (Lipinski definition) is 1. The lowest BCUT2D eigenvalue weighted by atomic mass is 10.0. The van der Waals surface area contributed by atoms with E-state index in [2.05, 4.69) is 0 Å². The Bertz CT molecular complexity index is 729. The molecule has 0 saturated heterocycles. The first-order valence-electron chi connectivity index (χ1n) is 6.47. The highest BCUT2D eigenvalue weighted by atomic mass is 35.5. The summed E-state index contributed by atoms with van der Waals surface area (Å²) in [5.41, 5.74) is 1.76. The van der Waals surface area contributed by atoms with Crippen LogP contribution in [0.4, 0.5) is 5.69 Å². The first kappa shape index (κ1) is 13.6. The van der Waals surface area contributed by atoms with Crippen molar-refractivity contribution >= 4 is 29.2 Å². The SMILES string of the molecule is O=C(O)C1CN(C(=O)c2cccc(Cl)c2)c2ccccc21. The molecule has 1 heterocycles. The van der Waals surface area contributed by atoms with E-state index in [9.17, 15) is 14.7 Å². The van der Waals surface area contributed by atoms with Crippen molar-refractivity contribution in [2.24, 2.45) is 0 Å². The van der Waals surface area contributed by atoms with E-state index in [4.69, 9.17) is 11.6 Å². The maximum Gasteiger partial charge on any atom is 0.312 e. The number of carboxylic acid groups (broad SMARTS) is 1. The Balaban J connectivity index is 2.01. The number of anilines is 1. The Hall–Kier alpha value is -2.33. The number of para-hydroxylation sites is 1. The fourth-order valence-electron chi connectivity index (χ4n) is 2.59. The average molecular weight is 302 g/mol. The second kappa shape index (κ2) is 5.22. The normalized spacial score (nSPS) is 16.6. The molecular formula is C16H12ClNO3.